The molecule has 1 aromatic carbocycles. The number of carbonyl (C=O) groups excluding carboxylic acids is 1. The van der Waals surface area contributed by atoms with Crippen LogP contribution in [0.5, 0.6) is 0 Å². The maximum Gasteiger partial charge on any atom is 0.237 e. The van der Waals surface area contributed by atoms with E-state index in [1.165, 1.54) is 50.5 Å². The molecule has 0 radical (unpaired) electrons. The third-order valence-electron chi connectivity index (χ3n) is 5.34. The first-order valence-electron chi connectivity index (χ1n) is 9.35. The largest absolute Gasteiger partial charge is 0.334 e. The molecule has 3 rings (SSSR count). The third-order valence-corrected chi connectivity index (χ3v) is 5.34. The fourth-order valence-corrected chi connectivity index (χ4v) is 3.80. The summed E-state index contributed by atoms with van der Waals surface area (Å²) in [6, 6.07) is 11.5. The van der Waals surface area contributed by atoms with Gasteiger partial charge in [0.15, 0.2) is 0 Å². The summed E-state index contributed by atoms with van der Waals surface area (Å²) in [5.74, 6) is 0.323. The van der Waals surface area contributed by atoms with Crippen LogP contribution in [0.1, 0.15) is 57.4 Å². The van der Waals surface area contributed by atoms with E-state index in [0.29, 0.717) is 24.5 Å². The number of rotatable bonds is 7. The van der Waals surface area contributed by atoms with E-state index in [4.69, 9.17) is 0 Å². The van der Waals surface area contributed by atoms with Crippen LogP contribution in [0.2, 0.25) is 0 Å². The predicted octanol–water partition coefficient (Wildman–Crippen LogP) is 3.83. The zero-order valence-corrected chi connectivity index (χ0v) is 14.4. The zero-order chi connectivity index (χ0) is 16.1. The molecular weight excluding hydrogens is 284 g/mol. The van der Waals surface area contributed by atoms with Gasteiger partial charge in [-0.2, -0.15) is 0 Å². The Kier molecular flexibility index (Phi) is 5.71. The summed E-state index contributed by atoms with van der Waals surface area (Å²) in [6.45, 7) is 4.55. The number of benzene rings is 1. The molecule has 23 heavy (non-hydrogen) atoms. The van der Waals surface area contributed by atoms with Crippen molar-refractivity contribution in [3.8, 4) is 0 Å². The molecule has 0 bridgehead atoms. The van der Waals surface area contributed by atoms with Crippen molar-refractivity contribution in [3.63, 3.8) is 0 Å². The van der Waals surface area contributed by atoms with Crippen molar-refractivity contribution >= 4 is 5.91 Å². The van der Waals surface area contributed by atoms with Crippen molar-refractivity contribution < 1.29 is 4.79 Å². The van der Waals surface area contributed by atoms with Crippen LogP contribution in [-0.2, 0) is 11.3 Å². The number of hydrogen-bond acceptors (Lipinski definition) is 2. The minimum Gasteiger partial charge on any atom is -0.334 e. The van der Waals surface area contributed by atoms with Crippen LogP contribution >= 0.6 is 0 Å². The highest BCUT2D eigenvalue weighted by Gasteiger charge is 2.33. The van der Waals surface area contributed by atoms with Gasteiger partial charge in [-0.05, 0) is 37.8 Å². The molecule has 2 fully saturated rings. The van der Waals surface area contributed by atoms with Gasteiger partial charge in [0.25, 0.3) is 0 Å². The van der Waals surface area contributed by atoms with Gasteiger partial charge in [0.2, 0.25) is 5.91 Å². The van der Waals surface area contributed by atoms with Crippen LogP contribution in [0, 0.1) is 0 Å². The molecule has 0 heterocycles. The number of amides is 1. The van der Waals surface area contributed by atoms with Crippen LogP contribution in [0.4, 0.5) is 0 Å². The maximum absolute atomic E-state index is 12.9. The van der Waals surface area contributed by atoms with Crippen LogP contribution in [0.25, 0.3) is 0 Å². The first-order valence-corrected chi connectivity index (χ1v) is 9.35. The molecule has 0 unspecified atom stereocenters. The Balaban J connectivity index is 1.61. The quantitative estimate of drug-likeness (QED) is 0.763. The summed E-state index contributed by atoms with van der Waals surface area (Å²) in [5, 5.41) is 0. The molecule has 3 nitrogen and oxygen atoms in total. The van der Waals surface area contributed by atoms with E-state index in [2.05, 4.69) is 41.0 Å². The van der Waals surface area contributed by atoms with E-state index in [9.17, 15) is 4.79 Å². The Hall–Kier alpha value is -1.35. The second-order valence-electron chi connectivity index (χ2n) is 7.09. The highest BCUT2D eigenvalue weighted by atomic mass is 16.2. The van der Waals surface area contributed by atoms with Crippen LogP contribution < -0.4 is 0 Å². The molecule has 3 heteroatoms. The van der Waals surface area contributed by atoms with Crippen LogP contribution in [0.3, 0.4) is 0 Å². The molecule has 1 amide bonds. The second-order valence-corrected chi connectivity index (χ2v) is 7.09. The fourth-order valence-electron chi connectivity index (χ4n) is 3.80. The number of hydrogen-bond donors (Lipinski definition) is 0. The van der Waals surface area contributed by atoms with Gasteiger partial charge in [0.05, 0.1) is 6.54 Å². The van der Waals surface area contributed by atoms with Crippen molar-refractivity contribution in [3.05, 3.63) is 35.9 Å². The molecule has 0 aromatic heterocycles. The summed E-state index contributed by atoms with van der Waals surface area (Å²) in [5.41, 5.74) is 1.24. The van der Waals surface area contributed by atoms with Gasteiger partial charge in [0, 0.05) is 18.6 Å². The normalized spacial score (nSPS) is 19.0. The average molecular weight is 314 g/mol. The fraction of sp³-hybridized carbons (Fsp3) is 0.650. The van der Waals surface area contributed by atoms with Crippen molar-refractivity contribution in [2.75, 3.05) is 13.1 Å². The second kappa shape index (κ2) is 7.96. The lowest BCUT2D eigenvalue weighted by molar-refractivity contribution is -0.134. The first kappa shape index (κ1) is 16.5. The molecule has 0 N–H and O–H groups in total. The molecule has 2 saturated carbocycles. The summed E-state index contributed by atoms with van der Waals surface area (Å²) < 4.78 is 0. The molecule has 126 valence electrons. The van der Waals surface area contributed by atoms with Gasteiger partial charge in [0.1, 0.15) is 0 Å². The molecule has 0 atom stereocenters. The van der Waals surface area contributed by atoms with Gasteiger partial charge in [-0.1, -0.05) is 56.5 Å². The Bertz CT molecular complexity index is 492. The van der Waals surface area contributed by atoms with Gasteiger partial charge >= 0.3 is 0 Å². The van der Waals surface area contributed by atoms with E-state index in [1.54, 1.807) is 0 Å². The van der Waals surface area contributed by atoms with Gasteiger partial charge in [-0.3, -0.25) is 9.69 Å². The Morgan fingerprint density at radius 3 is 2.30 bits per heavy atom. The molecule has 1 aromatic rings. The number of nitrogens with zero attached hydrogens (tertiary/aromatic N) is 2. The summed E-state index contributed by atoms with van der Waals surface area (Å²) in [4.78, 5) is 17.5. The minimum absolute atomic E-state index is 0.323. The van der Waals surface area contributed by atoms with Crippen molar-refractivity contribution in [2.45, 2.75) is 70.5 Å². The van der Waals surface area contributed by atoms with Gasteiger partial charge < -0.3 is 4.90 Å². The first-order chi connectivity index (χ1) is 11.3. The summed E-state index contributed by atoms with van der Waals surface area (Å²) in [7, 11) is 0. The monoisotopic (exact) mass is 314 g/mol. The topological polar surface area (TPSA) is 23.6 Å². The SMILES string of the molecule is CCN(CC(=O)N(Cc1ccccc1)C1CC1)C1CCCCC1. The predicted molar refractivity (Wildman–Crippen MR) is 94.1 cm³/mol. The Morgan fingerprint density at radius 2 is 1.70 bits per heavy atom. The lowest BCUT2D eigenvalue weighted by Crippen LogP contribution is -2.45. The minimum atomic E-state index is 0.323. The van der Waals surface area contributed by atoms with E-state index in [0.717, 1.165) is 13.1 Å². The lowest BCUT2D eigenvalue weighted by atomic mass is 9.94. The average Bonchev–Trinajstić information content (AvgIpc) is 3.44. The van der Waals surface area contributed by atoms with E-state index in [1.807, 2.05) is 6.07 Å². The van der Waals surface area contributed by atoms with Gasteiger partial charge in [-0.15, -0.1) is 0 Å². The van der Waals surface area contributed by atoms with Crippen molar-refractivity contribution in [1.29, 1.82) is 0 Å². The number of likely N-dealkylation sites (N-methyl/N-ethyl adjacent to an activating group) is 1. The van der Waals surface area contributed by atoms with E-state index < -0.39 is 0 Å². The summed E-state index contributed by atoms with van der Waals surface area (Å²) >= 11 is 0. The third kappa shape index (κ3) is 4.57. The van der Waals surface area contributed by atoms with Crippen LogP contribution in [0.15, 0.2) is 30.3 Å². The van der Waals surface area contributed by atoms with Crippen molar-refractivity contribution in [1.82, 2.24) is 9.80 Å². The number of carbonyl (C=O) groups is 1. The smallest absolute Gasteiger partial charge is 0.237 e. The molecule has 0 saturated heterocycles. The van der Waals surface area contributed by atoms with Gasteiger partial charge in [-0.25, -0.2) is 0 Å². The molecular formula is C20H30N2O. The highest BCUT2D eigenvalue weighted by molar-refractivity contribution is 5.79. The van der Waals surface area contributed by atoms with Crippen molar-refractivity contribution in [2.24, 2.45) is 0 Å². The molecule has 2 aliphatic carbocycles. The highest BCUT2D eigenvalue weighted by Crippen LogP contribution is 2.29. The standard InChI is InChI=1S/C20H30N2O/c1-2-21(18-11-7-4-8-12-18)16-20(23)22(19-13-14-19)15-17-9-5-3-6-10-17/h3,5-6,9-10,18-19H,2,4,7-8,11-16H2,1H3. The summed E-state index contributed by atoms with van der Waals surface area (Å²) in [6.07, 6.45) is 8.90. The molecule has 0 aliphatic heterocycles. The maximum atomic E-state index is 12.9. The molecule has 2 aliphatic rings. The van der Waals surface area contributed by atoms with E-state index >= 15 is 0 Å². The molecule has 0 spiro atoms. The lowest BCUT2D eigenvalue weighted by Gasteiger charge is -2.34. The Morgan fingerprint density at radius 1 is 1.00 bits per heavy atom. The zero-order valence-electron chi connectivity index (χ0n) is 14.4. The van der Waals surface area contributed by atoms with Crippen LogP contribution in [-0.4, -0.2) is 40.9 Å². The Labute approximate surface area is 140 Å². The van der Waals surface area contributed by atoms with E-state index in [-0.39, 0.29) is 0 Å².